The van der Waals surface area contributed by atoms with E-state index in [1.807, 2.05) is 27.7 Å². The van der Waals surface area contributed by atoms with Gasteiger partial charge in [-0.1, -0.05) is 13.8 Å². The van der Waals surface area contributed by atoms with Gasteiger partial charge in [-0.05, 0) is 100 Å². The van der Waals surface area contributed by atoms with Crippen molar-refractivity contribution in [1.29, 1.82) is 0 Å². The van der Waals surface area contributed by atoms with Gasteiger partial charge in [-0.25, -0.2) is 4.79 Å². The maximum atomic E-state index is 13.4. The average Bonchev–Trinajstić information content (AvgIpc) is 3.51. The van der Waals surface area contributed by atoms with Crippen LogP contribution in [-0.2, 0) is 0 Å². The summed E-state index contributed by atoms with van der Waals surface area (Å²) >= 11 is 0. The van der Waals surface area contributed by atoms with Crippen molar-refractivity contribution in [3.05, 3.63) is 71.3 Å². The molecule has 11 nitrogen and oxygen atoms in total. The predicted octanol–water partition coefficient (Wildman–Crippen LogP) is 5.77. The number of nitrogens with zero attached hydrogens (tertiary/aromatic N) is 1. The summed E-state index contributed by atoms with van der Waals surface area (Å²) in [5.41, 5.74) is 7.89. The van der Waals surface area contributed by atoms with Crippen molar-refractivity contribution in [1.82, 2.24) is 4.90 Å². The van der Waals surface area contributed by atoms with E-state index in [0.29, 0.717) is 53.9 Å². The Hall–Kier alpha value is -4.77. The average molecular weight is 619 g/mol. The number of carboxylic acid groups (broad SMARTS) is 1. The fourth-order valence-electron chi connectivity index (χ4n) is 4.73. The van der Waals surface area contributed by atoms with Crippen molar-refractivity contribution in [2.45, 2.75) is 46.6 Å². The van der Waals surface area contributed by atoms with E-state index in [1.165, 1.54) is 18.2 Å². The number of likely N-dealkylation sites (tertiary alicyclic amines) is 1. The first-order valence-electron chi connectivity index (χ1n) is 15.2. The second-order valence-electron chi connectivity index (χ2n) is 11.7. The zero-order chi connectivity index (χ0) is 32.5. The fraction of sp³-hybridized carbons (Fsp3) is 0.382. The number of nitrogens with two attached hydrogens (primary N) is 1. The molecule has 11 heteroatoms. The SMILES string of the molecule is CC(C)COc1cc(C(=O)Nc2ccc(C(=O)Nc3ccc(C(=O)O)cc3OC(C)C)cc2OCCN2CCCC2)ccc1N. The summed E-state index contributed by atoms with van der Waals surface area (Å²) in [5, 5.41) is 15.1. The highest BCUT2D eigenvalue weighted by Crippen LogP contribution is 2.31. The van der Waals surface area contributed by atoms with Crippen molar-refractivity contribution in [3.63, 3.8) is 0 Å². The smallest absolute Gasteiger partial charge is 0.335 e. The number of nitrogens with one attached hydrogen (secondary N) is 2. The number of hydrogen-bond acceptors (Lipinski definition) is 8. The summed E-state index contributed by atoms with van der Waals surface area (Å²) in [4.78, 5) is 40.5. The molecule has 240 valence electrons. The lowest BCUT2D eigenvalue weighted by molar-refractivity contribution is 0.0695. The summed E-state index contributed by atoms with van der Waals surface area (Å²) in [6, 6.07) is 13.9. The molecule has 4 rings (SSSR count). The summed E-state index contributed by atoms with van der Waals surface area (Å²) in [5.74, 6) is -0.655. The number of carbonyl (C=O) groups excluding carboxylic acids is 2. The van der Waals surface area contributed by atoms with E-state index in [2.05, 4.69) is 15.5 Å². The Labute approximate surface area is 263 Å². The Bertz CT molecular complexity index is 1520. The van der Waals surface area contributed by atoms with Crippen LogP contribution in [0, 0.1) is 5.92 Å². The number of benzene rings is 3. The Balaban J connectivity index is 1.56. The molecule has 1 saturated heterocycles. The zero-order valence-corrected chi connectivity index (χ0v) is 26.2. The molecule has 3 aromatic carbocycles. The molecule has 1 fully saturated rings. The molecule has 0 bridgehead atoms. The highest BCUT2D eigenvalue weighted by atomic mass is 16.5. The van der Waals surface area contributed by atoms with E-state index in [1.54, 1.807) is 36.4 Å². The summed E-state index contributed by atoms with van der Waals surface area (Å²) in [6.07, 6.45) is 2.05. The van der Waals surface area contributed by atoms with Crippen molar-refractivity contribution < 1.29 is 33.7 Å². The van der Waals surface area contributed by atoms with E-state index < -0.39 is 11.9 Å². The van der Waals surface area contributed by atoms with E-state index in [-0.39, 0.29) is 34.8 Å². The number of ether oxygens (including phenoxy) is 3. The predicted molar refractivity (Wildman–Crippen MR) is 174 cm³/mol. The van der Waals surface area contributed by atoms with Gasteiger partial charge in [0.1, 0.15) is 23.9 Å². The first-order chi connectivity index (χ1) is 21.5. The third-order valence-corrected chi connectivity index (χ3v) is 7.04. The van der Waals surface area contributed by atoms with Gasteiger partial charge >= 0.3 is 5.97 Å². The lowest BCUT2D eigenvalue weighted by Crippen LogP contribution is -2.25. The lowest BCUT2D eigenvalue weighted by Gasteiger charge is -2.18. The standard InChI is InChI=1S/C34H42N4O7/c1-21(2)20-44-29-17-23(7-10-26(29)35)32(39)36-27-11-8-24(18-30(27)43-16-15-38-13-5-6-14-38)33(40)37-28-12-9-25(34(41)42)19-31(28)45-22(3)4/h7-12,17-19,21-22H,5-6,13-16,20,35H2,1-4H3,(H,36,39)(H,37,40)(H,41,42). The molecule has 5 N–H and O–H groups in total. The lowest BCUT2D eigenvalue weighted by atomic mass is 10.1. The number of amides is 2. The zero-order valence-electron chi connectivity index (χ0n) is 26.2. The van der Waals surface area contributed by atoms with Crippen LogP contribution in [0.2, 0.25) is 0 Å². The third-order valence-electron chi connectivity index (χ3n) is 7.04. The third kappa shape index (κ3) is 9.36. The van der Waals surface area contributed by atoms with Crippen molar-refractivity contribution >= 4 is 34.8 Å². The first-order valence-corrected chi connectivity index (χ1v) is 15.2. The molecule has 1 aliphatic heterocycles. The second kappa shape index (κ2) is 15.3. The summed E-state index contributed by atoms with van der Waals surface area (Å²) < 4.78 is 17.7. The molecular weight excluding hydrogens is 576 g/mol. The first kappa shape index (κ1) is 33.1. The molecule has 0 unspecified atom stereocenters. The Morgan fingerprint density at radius 1 is 0.800 bits per heavy atom. The fourth-order valence-corrected chi connectivity index (χ4v) is 4.73. The highest BCUT2D eigenvalue weighted by molar-refractivity contribution is 6.08. The van der Waals surface area contributed by atoms with Gasteiger partial charge in [-0.3, -0.25) is 14.5 Å². The van der Waals surface area contributed by atoms with Gasteiger partial charge in [-0.2, -0.15) is 0 Å². The number of carboxylic acids is 1. The number of nitrogen functional groups attached to an aromatic ring is 1. The van der Waals surface area contributed by atoms with E-state index in [9.17, 15) is 19.5 Å². The van der Waals surface area contributed by atoms with Crippen molar-refractivity contribution in [3.8, 4) is 17.2 Å². The van der Waals surface area contributed by atoms with Gasteiger partial charge in [0.15, 0.2) is 0 Å². The molecule has 0 saturated carbocycles. The molecule has 0 atom stereocenters. The van der Waals surface area contributed by atoms with Crippen LogP contribution in [-0.4, -0.2) is 66.7 Å². The van der Waals surface area contributed by atoms with Gasteiger partial charge < -0.3 is 35.7 Å². The molecule has 3 aromatic rings. The van der Waals surface area contributed by atoms with Crippen LogP contribution in [0.5, 0.6) is 17.2 Å². The summed E-state index contributed by atoms with van der Waals surface area (Å²) in [6.45, 7) is 11.2. The van der Waals surface area contributed by atoms with Gasteiger partial charge in [-0.15, -0.1) is 0 Å². The van der Waals surface area contributed by atoms with Gasteiger partial charge in [0, 0.05) is 17.7 Å². The molecule has 0 spiro atoms. The Morgan fingerprint density at radius 2 is 1.36 bits per heavy atom. The number of aromatic carboxylic acids is 1. The van der Waals surface area contributed by atoms with Crippen molar-refractivity contribution in [2.75, 3.05) is 49.2 Å². The van der Waals surface area contributed by atoms with Crippen LogP contribution in [0.1, 0.15) is 71.6 Å². The van der Waals surface area contributed by atoms with Crippen LogP contribution < -0.4 is 30.6 Å². The number of carbonyl (C=O) groups is 3. The highest BCUT2D eigenvalue weighted by Gasteiger charge is 2.19. The number of rotatable bonds is 14. The molecule has 0 aromatic heterocycles. The van der Waals surface area contributed by atoms with Crippen LogP contribution in [0.4, 0.5) is 17.1 Å². The van der Waals surface area contributed by atoms with Gasteiger partial charge in [0.25, 0.3) is 11.8 Å². The molecular formula is C34H42N4O7. The minimum absolute atomic E-state index is 0.0390. The molecule has 45 heavy (non-hydrogen) atoms. The molecule has 1 aliphatic rings. The Kier molecular flexibility index (Phi) is 11.3. The van der Waals surface area contributed by atoms with Gasteiger partial charge in [0.05, 0.1) is 35.3 Å². The number of anilines is 3. The quantitative estimate of drug-likeness (QED) is 0.165. The van der Waals surface area contributed by atoms with Crippen molar-refractivity contribution in [2.24, 2.45) is 5.92 Å². The maximum absolute atomic E-state index is 13.4. The van der Waals surface area contributed by atoms with Crippen LogP contribution >= 0.6 is 0 Å². The Morgan fingerprint density at radius 3 is 1.96 bits per heavy atom. The van der Waals surface area contributed by atoms with Crippen LogP contribution in [0.3, 0.4) is 0 Å². The maximum Gasteiger partial charge on any atom is 0.335 e. The van der Waals surface area contributed by atoms with E-state index in [4.69, 9.17) is 19.9 Å². The monoisotopic (exact) mass is 618 g/mol. The molecule has 1 heterocycles. The van der Waals surface area contributed by atoms with E-state index >= 15 is 0 Å². The molecule has 0 aliphatic carbocycles. The van der Waals surface area contributed by atoms with Gasteiger partial charge in [0.2, 0.25) is 0 Å². The number of hydrogen-bond donors (Lipinski definition) is 4. The molecule has 0 radical (unpaired) electrons. The normalized spacial score (nSPS) is 13.1. The second-order valence-corrected chi connectivity index (χ2v) is 11.7. The summed E-state index contributed by atoms with van der Waals surface area (Å²) in [7, 11) is 0. The van der Waals surface area contributed by atoms with Crippen LogP contribution in [0.15, 0.2) is 54.6 Å². The van der Waals surface area contributed by atoms with Crippen LogP contribution in [0.25, 0.3) is 0 Å². The molecule has 2 amide bonds. The topological polar surface area (TPSA) is 152 Å². The minimum Gasteiger partial charge on any atom is -0.491 e. The largest absolute Gasteiger partial charge is 0.491 e. The minimum atomic E-state index is -1.10. The van der Waals surface area contributed by atoms with E-state index in [0.717, 1.165) is 25.9 Å².